The number of carboxylic acid groups (broad SMARTS) is 2. The average molecular weight is 301 g/mol. The van der Waals surface area contributed by atoms with E-state index in [4.69, 9.17) is 21.8 Å². The fourth-order valence-electron chi connectivity index (χ4n) is 1.37. The van der Waals surface area contributed by atoms with Gasteiger partial charge in [0.05, 0.1) is 6.42 Å². The van der Waals surface area contributed by atoms with Gasteiger partial charge in [0.15, 0.2) is 0 Å². The van der Waals surface area contributed by atoms with Gasteiger partial charge in [-0.25, -0.2) is 9.59 Å². The van der Waals surface area contributed by atoms with Gasteiger partial charge in [-0.3, -0.25) is 4.79 Å². The Morgan fingerprint density at radius 3 is 2.45 bits per heavy atom. The molecular formula is C12H13ClN2O5. The molecule has 0 heterocycles. The van der Waals surface area contributed by atoms with E-state index in [2.05, 4.69) is 10.6 Å². The van der Waals surface area contributed by atoms with Crippen molar-refractivity contribution in [2.45, 2.75) is 19.4 Å². The molecular weight excluding hydrogens is 288 g/mol. The Kier molecular flexibility index (Phi) is 5.33. The summed E-state index contributed by atoms with van der Waals surface area (Å²) in [5.74, 6) is -2.75. The van der Waals surface area contributed by atoms with Crippen LogP contribution in [0.2, 0.25) is 5.02 Å². The lowest BCUT2D eigenvalue weighted by molar-refractivity contribution is -0.145. The number of hydrogen-bond donors (Lipinski definition) is 4. The molecule has 0 aliphatic rings. The number of nitrogens with one attached hydrogen (secondary N) is 2. The van der Waals surface area contributed by atoms with Crippen molar-refractivity contribution in [2.24, 2.45) is 0 Å². The van der Waals surface area contributed by atoms with Crippen molar-refractivity contribution in [1.29, 1.82) is 0 Å². The number of urea groups is 1. The number of aryl methyl sites for hydroxylation is 1. The number of carboxylic acids is 2. The Labute approximate surface area is 119 Å². The minimum absolute atomic E-state index is 0.373. The number of benzene rings is 1. The highest BCUT2D eigenvalue weighted by Crippen LogP contribution is 2.19. The van der Waals surface area contributed by atoms with Crippen LogP contribution in [0.25, 0.3) is 0 Å². The molecule has 8 heteroatoms. The smallest absolute Gasteiger partial charge is 0.326 e. The molecule has 1 rings (SSSR count). The van der Waals surface area contributed by atoms with E-state index < -0.39 is 30.4 Å². The van der Waals surface area contributed by atoms with Gasteiger partial charge in [0.1, 0.15) is 6.04 Å². The van der Waals surface area contributed by atoms with E-state index >= 15 is 0 Å². The van der Waals surface area contributed by atoms with Crippen molar-refractivity contribution in [2.75, 3.05) is 5.32 Å². The molecule has 1 atom stereocenters. The van der Waals surface area contributed by atoms with E-state index in [0.29, 0.717) is 10.7 Å². The van der Waals surface area contributed by atoms with Crippen LogP contribution in [0.5, 0.6) is 0 Å². The summed E-state index contributed by atoms with van der Waals surface area (Å²) in [4.78, 5) is 32.9. The quantitative estimate of drug-likeness (QED) is 0.660. The van der Waals surface area contributed by atoms with E-state index in [9.17, 15) is 14.4 Å². The Balaban J connectivity index is 2.67. The van der Waals surface area contributed by atoms with E-state index in [-0.39, 0.29) is 0 Å². The Hall–Kier alpha value is -2.28. The van der Waals surface area contributed by atoms with Crippen LogP contribution in [-0.4, -0.2) is 34.2 Å². The number of anilines is 1. The third kappa shape index (κ3) is 4.77. The molecule has 0 radical (unpaired) electrons. The van der Waals surface area contributed by atoms with Gasteiger partial charge in [-0.2, -0.15) is 0 Å². The monoisotopic (exact) mass is 300 g/mol. The zero-order valence-electron chi connectivity index (χ0n) is 10.5. The molecule has 20 heavy (non-hydrogen) atoms. The van der Waals surface area contributed by atoms with Crippen molar-refractivity contribution < 1.29 is 24.6 Å². The first-order chi connectivity index (χ1) is 9.29. The van der Waals surface area contributed by atoms with Crippen molar-refractivity contribution in [1.82, 2.24) is 5.32 Å². The summed E-state index contributed by atoms with van der Waals surface area (Å²) in [6.45, 7) is 1.79. The molecule has 0 bridgehead atoms. The Morgan fingerprint density at radius 2 is 1.95 bits per heavy atom. The molecule has 2 amide bonds. The van der Waals surface area contributed by atoms with Crippen molar-refractivity contribution >= 4 is 35.3 Å². The summed E-state index contributed by atoms with van der Waals surface area (Å²) < 4.78 is 0. The second kappa shape index (κ2) is 6.76. The standard InChI is InChI=1S/C12H13ClN2O5/c1-6-2-3-7(4-8(6)13)14-12(20)15-9(11(18)19)5-10(16)17/h2-4,9H,5H2,1H3,(H,16,17)(H,18,19)(H2,14,15,20)/t9-/m0/s1. The maximum absolute atomic E-state index is 11.6. The molecule has 0 spiro atoms. The molecule has 7 nitrogen and oxygen atoms in total. The summed E-state index contributed by atoms with van der Waals surface area (Å²) >= 11 is 5.88. The topological polar surface area (TPSA) is 116 Å². The Bertz CT molecular complexity index is 547. The summed E-state index contributed by atoms with van der Waals surface area (Å²) in [6, 6.07) is 2.45. The summed E-state index contributed by atoms with van der Waals surface area (Å²) in [7, 11) is 0. The van der Waals surface area contributed by atoms with Crippen LogP contribution in [0, 0.1) is 6.92 Å². The van der Waals surface area contributed by atoms with Gasteiger partial charge in [0, 0.05) is 10.7 Å². The predicted molar refractivity (Wildman–Crippen MR) is 72.0 cm³/mol. The highest BCUT2D eigenvalue weighted by molar-refractivity contribution is 6.31. The minimum atomic E-state index is -1.51. The number of rotatable bonds is 5. The summed E-state index contributed by atoms with van der Waals surface area (Å²) in [5.41, 5.74) is 1.20. The Morgan fingerprint density at radius 1 is 1.30 bits per heavy atom. The maximum atomic E-state index is 11.6. The van der Waals surface area contributed by atoms with Crippen molar-refractivity contribution in [3.8, 4) is 0 Å². The third-order valence-corrected chi connectivity index (χ3v) is 2.82. The summed E-state index contributed by atoms with van der Waals surface area (Å²) in [5, 5.41) is 22.2. The van der Waals surface area contributed by atoms with E-state index in [1.54, 1.807) is 19.1 Å². The van der Waals surface area contributed by atoms with Crippen molar-refractivity contribution in [3.05, 3.63) is 28.8 Å². The van der Waals surface area contributed by atoms with Gasteiger partial charge < -0.3 is 20.8 Å². The van der Waals surface area contributed by atoms with E-state index in [1.165, 1.54) is 6.07 Å². The maximum Gasteiger partial charge on any atom is 0.326 e. The lowest BCUT2D eigenvalue weighted by Gasteiger charge is -2.13. The lowest BCUT2D eigenvalue weighted by Crippen LogP contribution is -2.44. The van der Waals surface area contributed by atoms with E-state index in [1.807, 2.05) is 0 Å². The molecule has 0 saturated heterocycles. The van der Waals surface area contributed by atoms with Gasteiger partial charge in [-0.05, 0) is 24.6 Å². The van der Waals surface area contributed by atoms with Crippen LogP contribution in [0.3, 0.4) is 0 Å². The van der Waals surface area contributed by atoms with Crippen LogP contribution in [0.4, 0.5) is 10.5 Å². The molecule has 0 aromatic heterocycles. The predicted octanol–water partition coefficient (Wildman–Crippen LogP) is 1.70. The largest absolute Gasteiger partial charge is 0.481 e. The van der Waals surface area contributed by atoms with Gasteiger partial charge in [0.2, 0.25) is 0 Å². The molecule has 4 N–H and O–H groups in total. The molecule has 0 saturated carbocycles. The third-order valence-electron chi connectivity index (χ3n) is 2.41. The minimum Gasteiger partial charge on any atom is -0.481 e. The summed E-state index contributed by atoms with van der Waals surface area (Å²) in [6.07, 6.45) is -0.711. The number of halogens is 1. The first-order valence-corrected chi connectivity index (χ1v) is 5.95. The molecule has 1 aromatic carbocycles. The van der Waals surface area contributed by atoms with Crippen LogP contribution in [-0.2, 0) is 9.59 Å². The average Bonchev–Trinajstić information content (AvgIpc) is 2.32. The number of hydrogen-bond acceptors (Lipinski definition) is 3. The van der Waals surface area contributed by atoms with Crippen LogP contribution >= 0.6 is 11.6 Å². The SMILES string of the molecule is Cc1ccc(NC(=O)N[C@@H](CC(=O)O)C(=O)O)cc1Cl. The van der Waals surface area contributed by atoms with Gasteiger partial charge in [-0.1, -0.05) is 17.7 Å². The number of carbonyl (C=O) groups excluding carboxylic acids is 1. The highest BCUT2D eigenvalue weighted by atomic mass is 35.5. The second-order valence-corrected chi connectivity index (χ2v) is 4.46. The molecule has 1 aromatic rings. The lowest BCUT2D eigenvalue weighted by atomic mass is 10.2. The fourth-order valence-corrected chi connectivity index (χ4v) is 1.55. The molecule has 0 fully saturated rings. The fraction of sp³-hybridized carbons (Fsp3) is 0.250. The van der Waals surface area contributed by atoms with Crippen LogP contribution in [0.1, 0.15) is 12.0 Å². The van der Waals surface area contributed by atoms with Gasteiger partial charge in [0.25, 0.3) is 0 Å². The molecule has 0 aliphatic heterocycles. The first kappa shape index (κ1) is 15.8. The highest BCUT2D eigenvalue weighted by Gasteiger charge is 2.22. The number of aliphatic carboxylic acids is 2. The zero-order valence-corrected chi connectivity index (χ0v) is 11.3. The molecule has 0 aliphatic carbocycles. The normalized spacial score (nSPS) is 11.5. The zero-order chi connectivity index (χ0) is 15.3. The first-order valence-electron chi connectivity index (χ1n) is 5.58. The number of amides is 2. The van der Waals surface area contributed by atoms with Gasteiger partial charge in [-0.15, -0.1) is 0 Å². The van der Waals surface area contributed by atoms with Crippen molar-refractivity contribution in [3.63, 3.8) is 0 Å². The molecule has 108 valence electrons. The van der Waals surface area contributed by atoms with Crippen LogP contribution in [0.15, 0.2) is 18.2 Å². The van der Waals surface area contributed by atoms with Gasteiger partial charge >= 0.3 is 18.0 Å². The van der Waals surface area contributed by atoms with Crippen LogP contribution < -0.4 is 10.6 Å². The van der Waals surface area contributed by atoms with E-state index in [0.717, 1.165) is 5.56 Å². The number of carbonyl (C=O) groups is 3. The second-order valence-electron chi connectivity index (χ2n) is 4.05. The molecule has 0 unspecified atom stereocenters.